The number of esters is 1. The van der Waals surface area contributed by atoms with E-state index in [1.165, 1.54) is 24.3 Å². The van der Waals surface area contributed by atoms with Crippen LogP contribution in [0.4, 0.5) is 4.39 Å². The number of rotatable bonds is 6. The molecule has 1 saturated heterocycles. The minimum atomic E-state index is -0.921. The maximum Gasteiger partial charge on any atom is 0.309 e. The summed E-state index contributed by atoms with van der Waals surface area (Å²) in [6.07, 6.45) is 2.68. The van der Waals surface area contributed by atoms with E-state index in [1.807, 2.05) is 0 Å². The molecule has 0 unspecified atom stereocenters. The van der Waals surface area contributed by atoms with Crippen molar-refractivity contribution in [2.45, 2.75) is 38.1 Å². The summed E-state index contributed by atoms with van der Waals surface area (Å²) >= 11 is 0. The first-order valence-corrected chi connectivity index (χ1v) is 9.76. The van der Waals surface area contributed by atoms with Crippen molar-refractivity contribution >= 4 is 17.8 Å². The molecule has 1 atom stereocenters. The molecule has 8 heteroatoms. The number of hydrogen-bond donors (Lipinski definition) is 1. The van der Waals surface area contributed by atoms with E-state index in [9.17, 15) is 24.0 Å². The molecule has 0 aromatic heterocycles. The zero-order valence-corrected chi connectivity index (χ0v) is 16.3. The van der Waals surface area contributed by atoms with E-state index in [4.69, 9.17) is 4.74 Å². The Balaban J connectivity index is 1.43. The second kappa shape index (κ2) is 8.60. The Morgan fingerprint density at radius 1 is 1.21 bits per heavy atom. The van der Waals surface area contributed by atoms with Crippen molar-refractivity contribution in [1.29, 1.82) is 5.26 Å². The van der Waals surface area contributed by atoms with E-state index in [2.05, 4.69) is 11.4 Å². The quantitative estimate of drug-likeness (QED) is 0.736. The zero-order chi connectivity index (χ0) is 21.0. The minimum Gasteiger partial charge on any atom is -0.455 e. The van der Waals surface area contributed by atoms with Crippen LogP contribution in [0.25, 0.3) is 0 Å². The fourth-order valence-electron chi connectivity index (χ4n) is 3.56. The van der Waals surface area contributed by atoms with Crippen LogP contribution in [0.3, 0.4) is 0 Å². The van der Waals surface area contributed by atoms with Gasteiger partial charge in [0.1, 0.15) is 11.4 Å². The van der Waals surface area contributed by atoms with Crippen LogP contribution >= 0.6 is 0 Å². The third kappa shape index (κ3) is 5.11. The minimum absolute atomic E-state index is 0.148. The molecule has 1 aromatic carbocycles. The number of ether oxygens (including phenoxy) is 1. The van der Waals surface area contributed by atoms with Crippen molar-refractivity contribution in [1.82, 2.24) is 10.2 Å². The molecule has 1 heterocycles. The standard InChI is InChI=1S/C21H24FN3O4/c1-21(13-23,16-4-5-16)24-18(26)12-29-20(28)15-8-10-25(11-9-15)19(27)14-2-6-17(22)7-3-14/h2-3,6-7,15-16H,4-5,8-12H2,1H3,(H,24,26)/t21-/m1/s1. The lowest BCUT2D eigenvalue weighted by Gasteiger charge is -2.31. The largest absolute Gasteiger partial charge is 0.455 e. The van der Waals surface area contributed by atoms with Gasteiger partial charge in [0.2, 0.25) is 0 Å². The fourth-order valence-corrected chi connectivity index (χ4v) is 3.56. The molecule has 2 aliphatic rings. The van der Waals surface area contributed by atoms with Crippen LogP contribution in [-0.4, -0.2) is 47.9 Å². The Labute approximate surface area is 168 Å². The van der Waals surface area contributed by atoms with Gasteiger partial charge < -0.3 is 15.0 Å². The molecule has 1 aliphatic heterocycles. The lowest BCUT2D eigenvalue weighted by molar-refractivity contribution is -0.154. The number of carbonyl (C=O) groups excluding carboxylic acids is 3. The summed E-state index contributed by atoms with van der Waals surface area (Å²) in [5.41, 5.74) is -0.518. The molecule has 1 aliphatic carbocycles. The summed E-state index contributed by atoms with van der Waals surface area (Å²) in [5, 5.41) is 11.9. The highest BCUT2D eigenvalue weighted by atomic mass is 19.1. The van der Waals surface area contributed by atoms with Gasteiger partial charge in [0, 0.05) is 18.7 Å². The molecule has 3 rings (SSSR count). The summed E-state index contributed by atoms with van der Waals surface area (Å²) in [7, 11) is 0. The molecule has 1 saturated carbocycles. The number of piperidine rings is 1. The van der Waals surface area contributed by atoms with Gasteiger partial charge in [-0.15, -0.1) is 0 Å². The van der Waals surface area contributed by atoms with Crippen LogP contribution in [0, 0.1) is 29.0 Å². The Morgan fingerprint density at radius 2 is 1.83 bits per heavy atom. The first-order chi connectivity index (χ1) is 13.8. The normalized spacial score (nSPS) is 19.0. The molecular weight excluding hydrogens is 377 g/mol. The molecule has 29 heavy (non-hydrogen) atoms. The SMILES string of the molecule is C[C@](C#N)(NC(=O)COC(=O)C1CCN(C(=O)c2ccc(F)cc2)CC1)C1CC1. The predicted molar refractivity (Wildman–Crippen MR) is 101 cm³/mol. The number of nitriles is 1. The fraction of sp³-hybridized carbons (Fsp3) is 0.524. The van der Waals surface area contributed by atoms with Gasteiger partial charge >= 0.3 is 5.97 Å². The maximum absolute atomic E-state index is 13.0. The predicted octanol–water partition coefficient (Wildman–Crippen LogP) is 2.03. The Bertz CT molecular complexity index is 823. The first kappa shape index (κ1) is 20.8. The summed E-state index contributed by atoms with van der Waals surface area (Å²) in [5.74, 6) is -1.80. The number of nitrogens with one attached hydrogen (secondary N) is 1. The first-order valence-electron chi connectivity index (χ1n) is 9.76. The highest BCUT2D eigenvalue weighted by Crippen LogP contribution is 2.39. The van der Waals surface area contributed by atoms with E-state index < -0.39 is 29.8 Å². The molecule has 2 amide bonds. The lowest BCUT2D eigenvalue weighted by atomic mass is 9.96. The van der Waals surface area contributed by atoms with E-state index in [0.29, 0.717) is 31.5 Å². The Hall–Kier alpha value is -2.95. The number of nitrogens with zero attached hydrogens (tertiary/aromatic N) is 2. The molecule has 1 N–H and O–H groups in total. The molecule has 2 fully saturated rings. The van der Waals surface area contributed by atoms with Crippen LogP contribution in [0.1, 0.15) is 43.0 Å². The van der Waals surface area contributed by atoms with Gasteiger partial charge in [-0.25, -0.2) is 4.39 Å². The van der Waals surface area contributed by atoms with Crippen molar-refractivity contribution in [3.63, 3.8) is 0 Å². The number of likely N-dealkylation sites (tertiary alicyclic amines) is 1. The Kier molecular flexibility index (Phi) is 6.16. The Morgan fingerprint density at radius 3 is 2.38 bits per heavy atom. The van der Waals surface area contributed by atoms with E-state index in [-0.39, 0.29) is 17.7 Å². The van der Waals surface area contributed by atoms with Crippen molar-refractivity contribution in [3.8, 4) is 6.07 Å². The molecule has 0 spiro atoms. The van der Waals surface area contributed by atoms with Gasteiger partial charge in [-0.05, 0) is 62.8 Å². The van der Waals surface area contributed by atoms with Crippen LogP contribution in [0.5, 0.6) is 0 Å². The molecular formula is C21H24FN3O4. The van der Waals surface area contributed by atoms with Crippen molar-refractivity contribution in [2.75, 3.05) is 19.7 Å². The van der Waals surface area contributed by atoms with E-state index in [1.54, 1.807) is 11.8 Å². The highest BCUT2D eigenvalue weighted by molar-refractivity contribution is 5.94. The topological polar surface area (TPSA) is 99.5 Å². The highest BCUT2D eigenvalue weighted by Gasteiger charge is 2.43. The molecule has 0 bridgehead atoms. The summed E-state index contributed by atoms with van der Waals surface area (Å²) in [4.78, 5) is 38.4. The van der Waals surface area contributed by atoms with E-state index >= 15 is 0 Å². The molecule has 1 aromatic rings. The second-order valence-corrected chi connectivity index (χ2v) is 7.82. The second-order valence-electron chi connectivity index (χ2n) is 7.82. The average molecular weight is 401 g/mol. The molecule has 0 radical (unpaired) electrons. The number of halogens is 1. The third-order valence-corrected chi connectivity index (χ3v) is 5.58. The van der Waals surface area contributed by atoms with E-state index in [0.717, 1.165) is 12.8 Å². The van der Waals surface area contributed by atoms with Gasteiger partial charge in [0.25, 0.3) is 11.8 Å². The summed E-state index contributed by atoms with van der Waals surface area (Å²) < 4.78 is 18.1. The van der Waals surface area contributed by atoms with Crippen LogP contribution in [0.15, 0.2) is 24.3 Å². The van der Waals surface area contributed by atoms with Gasteiger partial charge in [-0.1, -0.05) is 0 Å². The maximum atomic E-state index is 13.0. The zero-order valence-electron chi connectivity index (χ0n) is 16.3. The smallest absolute Gasteiger partial charge is 0.309 e. The average Bonchev–Trinajstić information content (AvgIpc) is 3.58. The third-order valence-electron chi connectivity index (χ3n) is 5.58. The van der Waals surface area contributed by atoms with Crippen molar-refractivity contribution in [2.24, 2.45) is 11.8 Å². The van der Waals surface area contributed by atoms with Crippen molar-refractivity contribution < 1.29 is 23.5 Å². The van der Waals surface area contributed by atoms with Gasteiger partial charge in [0.15, 0.2) is 6.61 Å². The van der Waals surface area contributed by atoms with Gasteiger partial charge in [0.05, 0.1) is 12.0 Å². The number of benzene rings is 1. The number of carbonyl (C=O) groups is 3. The van der Waals surface area contributed by atoms with Crippen LogP contribution in [0.2, 0.25) is 0 Å². The monoisotopic (exact) mass is 401 g/mol. The summed E-state index contributed by atoms with van der Waals surface area (Å²) in [6.45, 7) is 2.03. The van der Waals surface area contributed by atoms with Gasteiger partial charge in [-0.3, -0.25) is 14.4 Å². The van der Waals surface area contributed by atoms with Crippen LogP contribution in [-0.2, 0) is 14.3 Å². The lowest BCUT2D eigenvalue weighted by Crippen LogP contribution is -2.48. The molecule has 154 valence electrons. The summed E-state index contributed by atoms with van der Waals surface area (Å²) in [6, 6.07) is 7.48. The molecule has 7 nitrogen and oxygen atoms in total. The number of amides is 2. The number of hydrogen-bond acceptors (Lipinski definition) is 5. The van der Waals surface area contributed by atoms with Gasteiger partial charge in [-0.2, -0.15) is 5.26 Å². The van der Waals surface area contributed by atoms with Crippen LogP contribution < -0.4 is 5.32 Å². The van der Waals surface area contributed by atoms with Crippen molar-refractivity contribution in [3.05, 3.63) is 35.6 Å².